The van der Waals surface area contributed by atoms with Crippen LogP contribution in [0.1, 0.15) is 36.4 Å². The molecule has 1 fully saturated rings. The smallest absolute Gasteiger partial charge is 0.406 e. The van der Waals surface area contributed by atoms with E-state index in [1.807, 2.05) is 20.2 Å². The summed E-state index contributed by atoms with van der Waals surface area (Å²) in [6.07, 6.45) is -1.52. The maximum absolute atomic E-state index is 12.4. The summed E-state index contributed by atoms with van der Waals surface area (Å²) >= 11 is 0. The second-order valence-corrected chi connectivity index (χ2v) is 7.51. The van der Waals surface area contributed by atoms with Crippen LogP contribution in [-0.2, 0) is 0 Å². The number of benzene rings is 1. The Balaban J connectivity index is 1.72. The monoisotopic (exact) mass is 409 g/mol. The number of aromatic nitrogens is 2. The van der Waals surface area contributed by atoms with Crippen molar-refractivity contribution in [1.29, 1.82) is 0 Å². The second kappa shape index (κ2) is 8.86. The minimum Gasteiger partial charge on any atom is -0.406 e. The van der Waals surface area contributed by atoms with Gasteiger partial charge >= 0.3 is 6.36 Å². The van der Waals surface area contributed by atoms with Crippen LogP contribution in [0.15, 0.2) is 24.3 Å². The highest BCUT2D eigenvalue weighted by molar-refractivity contribution is 5.63. The molecule has 2 aromatic rings. The van der Waals surface area contributed by atoms with E-state index in [0.29, 0.717) is 28.9 Å². The van der Waals surface area contributed by atoms with E-state index in [9.17, 15) is 13.2 Å². The maximum atomic E-state index is 12.4. The Kier molecular flexibility index (Phi) is 6.46. The lowest BCUT2D eigenvalue weighted by atomic mass is 10.2. The highest BCUT2D eigenvalue weighted by atomic mass is 19.4. The van der Waals surface area contributed by atoms with Crippen molar-refractivity contribution in [3.05, 3.63) is 35.5 Å². The number of ether oxygens (including phenoxy) is 1. The first-order chi connectivity index (χ1) is 13.7. The number of hydrogen-bond acceptors (Lipinski definition) is 6. The normalized spacial score (nSPS) is 14.2. The Morgan fingerprint density at radius 2 is 1.93 bits per heavy atom. The van der Waals surface area contributed by atoms with Gasteiger partial charge in [-0.15, -0.1) is 13.2 Å². The Labute approximate surface area is 168 Å². The zero-order chi connectivity index (χ0) is 21.0. The number of anilines is 3. The molecule has 0 amide bonds. The van der Waals surface area contributed by atoms with Crippen molar-refractivity contribution in [2.45, 2.75) is 38.5 Å². The molecule has 1 aromatic heterocycles. The van der Waals surface area contributed by atoms with Gasteiger partial charge in [-0.25, -0.2) is 4.98 Å². The van der Waals surface area contributed by atoms with Crippen LogP contribution in [0.5, 0.6) is 5.75 Å². The Bertz CT molecular complexity index is 837. The van der Waals surface area contributed by atoms with Gasteiger partial charge in [0.15, 0.2) is 0 Å². The van der Waals surface area contributed by atoms with E-state index in [1.165, 1.54) is 12.1 Å². The molecule has 9 heteroatoms. The molecule has 1 aliphatic rings. The largest absolute Gasteiger partial charge is 0.573 e. The summed E-state index contributed by atoms with van der Waals surface area (Å²) < 4.78 is 41.2. The van der Waals surface area contributed by atoms with Crippen LogP contribution in [0.4, 0.5) is 30.6 Å². The van der Waals surface area contributed by atoms with E-state index < -0.39 is 6.36 Å². The van der Waals surface area contributed by atoms with Crippen LogP contribution in [0, 0.1) is 6.92 Å². The Hall–Kier alpha value is -2.55. The second-order valence-electron chi connectivity index (χ2n) is 7.51. The topological polar surface area (TPSA) is 62.3 Å². The number of aryl methyl sites for hydroxylation is 1. The van der Waals surface area contributed by atoms with Crippen molar-refractivity contribution < 1.29 is 17.9 Å². The fraction of sp³-hybridized carbons (Fsp3) is 0.500. The van der Waals surface area contributed by atoms with Crippen molar-refractivity contribution >= 4 is 17.5 Å². The summed E-state index contributed by atoms with van der Waals surface area (Å²) in [6.45, 7) is 3.44. The minimum atomic E-state index is -4.71. The predicted octanol–water partition coefficient (Wildman–Crippen LogP) is 4.67. The SMILES string of the molecule is Cc1cc(OC(F)(F)F)ccc1Nc1cc(C2CC2)nc(NCCCN(C)C)n1. The number of nitrogens with one attached hydrogen (secondary N) is 2. The molecule has 1 saturated carbocycles. The lowest BCUT2D eigenvalue weighted by Gasteiger charge is -2.15. The molecule has 0 saturated heterocycles. The van der Waals surface area contributed by atoms with E-state index in [2.05, 4.69) is 30.2 Å². The van der Waals surface area contributed by atoms with Gasteiger partial charge in [-0.3, -0.25) is 0 Å². The number of rotatable bonds is 9. The van der Waals surface area contributed by atoms with Crippen molar-refractivity contribution in [3.63, 3.8) is 0 Å². The van der Waals surface area contributed by atoms with Gasteiger partial charge in [-0.2, -0.15) is 4.98 Å². The van der Waals surface area contributed by atoms with Gasteiger partial charge in [-0.05, 0) is 70.6 Å². The standard InChI is InChI=1S/C20H26F3N5O/c1-13-11-15(29-20(21,22)23)7-8-16(13)25-18-12-17(14-5-6-14)26-19(27-18)24-9-4-10-28(2)3/h7-8,11-12,14H,4-6,9-10H2,1-3H3,(H2,24,25,26,27). The molecule has 0 unspecified atom stereocenters. The average Bonchev–Trinajstić information content (AvgIpc) is 3.45. The van der Waals surface area contributed by atoms with Crippen molar-refractivity contribution in [2.24, 2.45) is 0 Å². The molecule has 29 heavy (non-hydrogen) atoms. The first-order valence-electron chi connectivity index (χ1n) is 9.60. The molecule has 0 aliphatic heterocycles. The predicted molar refractivity (Wildman–Crippen MR) is 107 cm³/mol. The van der Waals surface area contributed by atoms with Crippen LogP contribution in [0.2, 0.25) is 0 Å². The quantitative estimate of drug-likeness (QED) is 0.587. The number of alkyl halides is 3. The third-order valence-electron chi connectivity index (χ3n) is 4.50. The highest BCUT2D eigenvalue weighted by Crippen LogP contribution is 2.40. The molecule has 1 heterocycles. The molecule has 1 aliphatic carbocycles. The molecule has 1 aromatic carbocycles. The summed E-state index contributed by atoms with van der Waals surface area (Å²) in [5, 5.41) is 6.46. The van der Waals surface area contributed by atoms with Gasteiger partial charge in [0, 0.05) is 24.2 Å². The summed E-state index contributed by atoms with van der Waals surface area (Å²) in [5.74, 6) is 1.38. The van der Waals surface area contributed by atoms with Crippen molar-refractivity contribution in [3.8, 4) is 5.75 Å². The zero-order valence-electron chi connectivity index (χ0n) is 16.8. The summed E-state index contributed by atoms with van der Waals surface area (Å²) in [6, 6.07) is 6.09. The molecule has 0 spiro atoms. The molecule has 0 atom stereocenters. The summed E-state index contributed by atoms with van der Waals surface area (Å²) in [5.41, 5.74) is 2.27. The van der Waals surface area contributed by atoms with Crippen LogP contribution < -0.4 is 15.4 Å². The molecule has 158 valence electrons. The van der Waals surface area contributed by atoms with E-state index in [1.54, 1.807) is 13.0 Å². The number of halogens is 3. The molecule has 0 radical (unpaired) electrons. The molecule has 0 bridgehead atoms. The van der Waals surface area contributed by atoms with E-state index >= 15 is 0 Å². The van der Waals surface area contributed by atoms with Gasteiger partial charge in [0.05, 0.1) is 5.69 Å². The number of hydrogen-bond donors (Lipinski definition) is 2. The van der Waals surface area contributed by atoms with E-state index in [4.69, 9.17) is 0 Å². The van der Waals surface area contributed by atoms with Crippen LogP contribution in [0.3, 0.4) is 0 Å². The van der Waals surface area contributed by atoms with Gasteiger partial charge < -0.3 is 20.3 Å². The fourth-order valence-electron chi connectivity index (χ4n) is 2.90. The molecule has 3 rings (SSSR count). The molecular formula is C20H26F3N5O. The first kappa shape index (κ1) is 21.2. The molecule has 2 N–H and O–H groups in total. The molecular weight excluding hydrogens is 383 g/mol. The van der Waals surface area contributed by atoms with Crippen molar-refractivity contribution in [2.75, 3.05) is 37.8 Å². The Morgan fingerprint density at radius 1 is 1.17 bits per heavy atom. The maximum Gasteiger partial charge on any atom is 0.573 e. The van der Waals surface area contributed by atoms with Crippen molar-refractivity contribution in [1.82, 2.24) is 14.9 Å². The summed E-state index contributed by atoms with van der Waals surface area (Å²) in [7, 11) is 4.05. The van der Waals surface area contributed by atoms with E-state index in [0.717, 1.165) is 38.0 Å². The third kappa shape index (κ3) is 6.77. The van der Waals surface area contributed by atoms with Crippen LogP contribution in [-0.4, -0.2) is 48.4 Å². The third-order valence-corrected chi connectivity index (χ3v) is 4.50. The van der Waals surface area contributed by atoms with Gasteiger partial charge in [0.1, 0.15) is 11.6 Å². The molecule has 6 nitrogen and oxygen atoms in total. The lowest BCUT2D eigenvalue weighted by molar-refractivity contribution is -0.274. The average molecular weight is 409 g/mol. The van der Waals surface area contributed by atoms with Crippen LogP contribution in [0.25, 0.3) is 0 Å². The fourth-order valence-corrected chi connectivity index (χ4v) is 2.90. The van der Waals surface area contributed by atoms with Gasteiger partial charge in [-0.1, -0.05) is 0 Å². The highest BCUT2D eigenvalue weighted by Gasteiger charge is 2.31. The first-order valence-corrected chi connectivity index (χ1v) is 9.60. The van der Waals surface area contributed by atoms with Gasteiger partial charge in [0.2, 0.25) is 5.95 Å². The minimum absolute atomic E-state index is 0.245. The number of nitrogens with zero attached hydrogens (tertiary/aromatic N) is 3. The lowest BCUT2D eigenvalue weighted by Crippen LogP contribution is -2.17. The van der Waals surface area contributed by atoms with Crippen LogP contribution >= 0.6 is 0 Å². The zero-order valence-corrected chi connectivity index (χ0v) is 16.8. The Morgan fingerprint density at radius 3 is 2.55 bits per heavy atom. The van der Waals surface area contributed by atoms with E-state index in [-0.39, 0.29) is 5.75 Å². The summed E-state index contributed by atoms with van der Waals surface area (Å²) in [4.78, 5) is 11.2. The van der Waals surface area contributed by atoms with Gasteiger partial charge in [0.25, 0.3) is 0 Å².